The Hall–Kier alpha value is -2.53. The highest BCUT2D eigenvalue weighted by Gasteiger charge is 2.27. The summed E-state index contributed by atoms with van der Waals surface area (Å²) in [5.74, 6) is 0.175. The van der Waals surface area contributed by atoms with E-state index in [1.165, 1.54) is 24.3 Å². The lowest BCUT2D eigenvalue weighted by Gasteiger charge is -2.10. The van der Waals surface area contributed by atoms with Crippen LogP contribution in [0.4, 0.5) is 8.78 Å². The van der Waals surface area contributed by atoms with Crippen molar-refractivity contribution < 1.29 is 13.9 Å². The van der Waals surface area contributed by atoms with Crippen molar-refractivity contribution in [1.29, 1.82) is 0 Å². The zero-order chi connectivity index (χ0) is 16.0. The summed E-state index contributed by atoms with van der Waals surface area (Å²) >= 11 is 0. The van der Waals surface area contributed by atoms with Crippen LogP contribution in [0.25, 0.3) is 22.5 Å². The molecule has 0 amide bonds. The minimum atomic E-state index is -0.459. The van der Waals surface area contributed by atoms with Gasteiger partial charge in [-0.05, 0) is 48.5 Å². The van der Waals surface area contributed by atoms with Crippen molar-refractivity contribution in [2.45, 2.75) is 19.1 Å². The maximum Gasteiger partial charge on any atom is 0.123 e. The van der Waals surface area contributed by atoms with Gasteiger partial charge < -0.3 is 9.67 Å². The van der Waals surface area contributed by atoms with Crippen LogP contribution in [0.15, 0.2) is 48.5 Å². The monoisotopic (exact) mass is 312 g/mol. The van der Waals surface area contributed by atoms with Gasteiger partial charge in [0.2, 0.25) is 0 Å². The van der Waals surface area contributed by atoms with E-state index in [4.69, 9.17) is 0 Å². The summed E-state index contributed by atoms with van der Waals surface area (Å²) in [4.78, 5) is 4.63. The summed E-state index contributed by atoms with van der Waals surface area (Å²) in [5.41, 5.74) is 3.15. The van der Waals surface area contributed by atoms with Gasteiger partial charge in [0.05, 0.1) is 24.0 Å². The summed E-state index contributed by atoms with van der Waals surface area (Å²) < 4.78 is 28.4. The SMILES string of the molecule is OC1Cc2nc(-c3ccc(F)cc3)c(-c3ccc(F)cc3)n2C1. The molecule has 23 heavy (non-hydrogen) atoms. The first-order chi connectivity index (χ1) is 11.1. The molecule has 4 rings (SSSR count). The fraction of sp³-hybridized carbons (Fsp3) is 0.167. The van der Waals surface area contributed by atoms with Gasteiger partial charge in [-0.3, -0.25) is 0 Å². The Morgan fingerprint density at radius 1 is 0.913 bits per heavy atom. The van der Waals surface area contributed by atoms with Gasteiger partial charge in [-0.15, -0.1) is 0 Å². The van der Waals surface area contributed by atoms with Crippen molar-refractivity contribution in [3.8, 4) is 22.5 Å². The molecular formula is C18H14F2N2O. The van der Waals surface area contributed by atoms with E-state index in [0.29, 0.717) is 13.0 Å². The van der Waals surface area contributed by atoms with E-state index in [2.05, 4.69) is 4.98 Å². The summed E-state index contributed by atoms with van der Waals surface area (Å²) in [6, 6.07) is 12.3. The fourth-order valence-corrected chi connectivity index (χ4v) is 3.05. The molecule has 2 heterocycles. The average Bonchev–Trinajstić information content (AvgIpc) is 3.05. The summed E-state index contributed by atoms with van der Waals surface area (Å²) in [7, 11) is 0. The molecule has 1 unspecified atom stereocenters. The lowest BCUT2D eigenvalue weighted by Crippen LogP contribution is -2.08. The van der Waals surface area contributed by atoms with Crippen LogP contribution >= 0.6 is 0 Å². The molecule has 3 nitrogen and oxygen atoms in total. The molecule has 0 aliphatic carbocycles. The molecular weight excluding hydrogens is 298 g/mol. The van der Waals surface area contributed by atoms with Crippen LogP contribution in [-0.4, -0.2) is 20.8 Å². The first-order valence-corrected chi connectivity index (χ1v) is 7.41. The van der Waals surface area contributed by atoms with Crippen molar-refractivity contribution >= 4 is 0 Å². The van der Waals surface area contributed by atoms with E-state index >= 15 is 0 Å². The highest BCUT2D eigenvalue weighted by Crippen LogP contribution is 2.35. The van der Waals surface area contributed by atoms with E-state index in [-0.39, 0.29) is 11.6 Å². The van der Waals surface area contributed by atoms with Gasteiger partial charge in [-0.1, -0.05) is 0 Å². The van der Waals surface area contributed by atoms with Gasteiger partial charge in [0.1, 0.15) is 17.5 Å². The Kier molecular flexibility index (Phi) is 3.23. The number of hydrogen-bond acceptors (Lipinski definition) is 2. The lowest BCUT2D eigenvalue weighted by molar-refractivity contribution is 0.176. The van der Waals surface area contributed by atoms with E-state index in [9.17, 15) is 13.9 Å². The normalized spacial score (nSPS) is 16.6. The Morgan fingerprint density at radius 3 is 2.09 bits per heavy atom. The number of nitrogens with zero attached hydrogens (tertiary/aromatic N) is 2. The number of aromatic nitrogens is 2. The Morgan fingerprint density at radius 2 is 1.48 bits per heavy atom. The van der Waals surface area contributed by atoms with E-state index in [0.717, 1.165) is 28.3 Å². The fourth-order valence-electron chi connectivity index (χ4n) is 3.05. The van der Waals surface area contributed by atoms with Crippen LogP contribution in [0.1, 0.15) is 5.82 Å². The molecule has 1 atom stereocenters. The maximum atomic E-state index is 13.2. The number of aliphatic hydroxyl groups excluding tert-OH is 1. The molecule has 0 saturated carbocycles. The van der Waals surface area contributed by atoms with Gasteiger partial charge in [0, 0.05) is 17.5 Å². The molecule has 116 valence electrons. The lowest BCUT2D eigenvalue weighted by atomic mass is 10.0. The number of imidazole rings is 1. The minimum Gasteiger partial charge on any atom is -0.391 e. The van der Waals surface area contributed by atoms with Gasteiger partial charge in [0.15, 0.2) is 0 Å². The van der Waals surface area contributed by atoms with Crippen LogP contribution in [0, 0.1) is 11.6 Å². The molecule has 0 saturated heterocycles. The topological polar surface area (TPSA) is 38.1 Å². The molecule has 0 radical (unpaired) electrons. The average molecular weight is 312 g/mol. The second-order valence-corrected chi connectivity index (χ2v) is 5.71. The molecule has 1 N–H and O–H groups in total. The molecule has 1 aromatic heterocycles. The molecule has 1 aliphatic heterocycles. The second-order valence-electron chi connectivity index (χ2n) is 5.71. The quantitative estimate of drug-likeness (QED) is 0.787. The van der Waals surface area contributed by atoms with Gasteiger partial charge >= 0.3 is 0 Å². The van der Waals surface area contributed by atoms with Gasteiger partial charge in [0.25, 0.3) is 0 Å². The molecule has 3 aromatic rings. The van der Waals surface area contributed by atoms with Crippen LogP contribution in [0.3, 0.4) is 0 Å². The van der Waals surface area contributed by atoms with Gasteiger partial charge in [-0.2, -0.15) is 0 Å². The first-order valence-electron chi connectivity index (χ1n) is 7.41. The molecule has 1 aliphatic rings. The summed E-state index contributed by atoms with van der Waals surface area (Å²) in [6.07, 6.45) is 0.0222. The Labute approximate surface area is 131 Å². The zero-order valence-corrected chi connectivity index (χ0v) is 12.2. The third-order valence-corrected chi connectivity index (χ3v) is 4.09. The van der Waals surface area contributed by atoms with E-state index < -0.39 is 6.10 Å². The molecule has 0 fully saturated rings. The van der Waals surface area contributed by atoms with Gasteiger partial charge in [-0.25, -0.2) is 13.8 Å². The van der Waals surface area contributed by atoms with Crippen LogP contribution in [0.2, 0.25) is 0 Å². The largest absolute Gasteiger partial charge is 0.391 e. The van der Waals surface area contributed by atoms with Crippen LogP contribution in [-0.2, 0) is 13.0 Å². The maximum absolute atomic E-state index is 13.2. The van der Waals surface area contributed by atoms with Crippen LogP contribution < -0.4 is 0 Å². The Balaban J connectivity index is 1.91. The highest BCUT2D eigenvalue weighted by atomic mass is 19.1. The van der Waals surface area contributed by atoms with Crippen molar-refractivity contribution in [3.05, 3.63) is 66.0 Å². The number of hydrogen-bond donors (Lipinski definition) is 1. The number of benzene rings is 2. The highest BCUT2D eigenvalue weighted by molar-refractivity contribution is 5.79. The smallest absolute Gasteiger partial charge is 0.123 e. The second kappa shape index (κ2) is 5.28. The van der Waals surface area contributed by atoms with Crippen molar-refractivity contribution in [2.24, 2.45) is 0 Å². The first kappa shape index (κ1) is 14.1. The number of rotatable bonds is 2. The van der Waals surface area contributed by atoms with Crippen molar-refractivity contribution in [3.63, 3.8) is 0 Å². The predicted molar refractivity (Wildman–Crippen MR) is 82.7 cm³/mol. The standard InChI is InChI=1S/C18H14F2N2O/c19-13-5-1-11(2-6-13)17-18(12-3-7-14(20)8-4-12)22-10-15(23)9-16(22)21-17/h1-8,15,23H,9-10H2. The zero-order valence-electron chi connectivity index (χ0n) is 12.2. The molecule has 2 aromatic carbocycles. The molecule has 0 spiro atoms. The summed E-state index contributed by atoms with van der Waals surface area (Å²) in [5, 5.41) is 9.88. The summed E-state index contributed by atoms with van der Waals surface area (Å²) in [6.45, 7) is 0.455. The van der Waals surface area contributed by atoms with Crippen molar-refractivity contribution in [2.75, 3.05) is 0 Å². The van der Waals surface area contributed by atoms with E-state index in [1.807, 2.05) is 4.57 Å². The Bertz CT molecular complexity index is 854. The van der Waals surface area contributed by atoms with Crippen molar-refractivity contribution in [1.82, 2.24) is 9.55 Å². The third kappa shape index (κ3) is 2.43. The number of aliphatic hydroxyl groups is 1. The minimum absolute atomic E-state index is 0.306. The number of fused-ring (bicyclic) bond motifs is 1. The van der Waals surface area contributed by atoms with Crippen LogP contribution in [0.5, 0.6) is 0 Å². The molecule has 0 bridgehead atoms. The third-order valence-electron chi connectivity index (χ3n) is 4.09. The molecule has 5 heteroatoms. The predicted octanol–water partition coefficient (Wildman–Crippen LogP) is 3.41. The van der Waals surface area contributed by atoms with E-state index in [1.54, 1.807) is 24.3 Å². The number of halogens is 2.